The summed E-state index contributed by atoms with van der Waals surface area (Å²) in [4.78, 5) is 2.56. The van der Waals surface area contributed by atoms with Gasteiger partial charge in [0.1, 0.15) is 0 Å². The summed E-state index contributed by atoms with van der Waals surface area (Å²) in [5.41, 5.74) is 4.40. The van der Waals surface area contributed by atoms with Crippen molar-refractivity contribution >= 4 is 6.08 Å². The van der Waals surface area contributed by atoms with Gasteiger partial charge in [-0.3, -0.25) is 0 Å². The largest absolute Gasteiger partial charge is 0.314 e. The lowest BCUT2D eigenvalue weighted by atomic mass is 10.0. The van der Waals surface area contributed by atoms with Crippen LogP contribution in [0.25, 0.3) is 6.08 Å². The highest BCUT2D eigenvalue weighted by atomic mass is 15.2. The van der Waals surface area contributed by atoms with E-state index in [4.69, 9.17) is 0 Å². The summed E-state index contributed by atoms with van der Waals surface area (Å²) < 4.78 is 0. The predicted octanol–water partition coefficient (Wildman–Crippen LogP) is 1.70. The second-order valence-corrected chi connectivity index (χ2v) is 4.98. The monoisotopic (exact) mass is 228 g/mol. The Morgan fingerprint density at radius 2 is 2.06 bits per heavy atom. The lowest BCUT2D eigenvalue weighted by Crippen LogP contribution is -2.44. The first-order chi connectivity index (χ1) is 8.42. The summed E-state index contributed by atoms with van der Waals surface area (Å²) in [6.07, 6.45) is 6.81. The molecule has 3 rings (SSSR count). The molecule has 2 nitrogen and oxygen atoms in total. The Morgan fingerprint density at radius 1 is 1.18 bits per heavy atom. The molecule has 90 valence electrons. The molecule has 0 spiro atoms. The van der Waals surface area contributed by atoms with Gasteiger partial charge in [-0.15, -0.1) is 0 Å². The second-order valence-electron chi connectivity index (χ2n) is 4.98. The van der Waals surface area contributed by atoms with Gasteiger partial charge in [-0.1, -0.05) is 30.4 Å². The number of fused-ring (bicyclic) bond motifs is 1. The number of nitrogens with one attached hydrogen (secondary N) is 1. The van der Waals surface area contributed by atoms with E-state index in [1.807, 2.05) is 0 Å². The Balaban J connectivity index is 1.59. The second kappa shape index (κ2) is 5.03. The number of hydrogen-bond donors (Lipinski definition) is 1. The van der Waals surface area contributed by atoms with E-state index in [0.29, 0.717) is 0 Å². The van der Waals surface area contributed by atoms with Crippen LogP contribution in [0.5, 0.6) is 0 Å². The number of hydrogen-bond acceptors (Lipinski definition) is 2. The van der Waals surface area contributed by atoms with E-state index < -0.39 is 0 Å². The molecule has 2 aliphatic rings. The van der Waals surface area contributed by atoms with Crippen LogP contribution < -0.4 is 5.32 Å². The Bertz CT molecular complexity index is 417. The van der Waals surface area contributed by atoms with Crippen LogP contribution in [-0.4, -0.2) is 37.6 Å². The van der Waals surface area contributed by atoms with Crippen LogP contribution in [0.1, 0.15) is 16.7 Å². The number of nitrogens with zero attached hydrogens (tertiary/aromatic N) is 1. The average molecular weight is 228 g/mol. The van der Waals surface area contributed by atoms with Gasteiger partial charge in [0.15, 0.2) is 0 Å². The fraction of sp³-hybridized carbons (Fsp3) is 0.467. The van der Waals surface area contributed by atoms with Crippen LogP contribution in [0.2, 0.25) is 0 Å². The maximum Gasteiger partial charge on any atom is 0.0108 e. The maximum atomic E-state index is 3.40. The molecule has 1 aromatic carbocycles. The molecule has 0 aromatic heterocycles. The molecule has 1 aliphatic heterocycles. The zero-order valence-electron chi connectivity index (χ0n) is 10.3. The normalized spacial score (nSPS) is 19.5. The number of rotatable bonds is 3. The lowest BCUT2D eigenvalue weighted by molar-refractivity contribution is 0.244. The van der Waals surface area contributed by atoms with E-state index in [0.717, 1.165) is 19.5 Å². The zero-order valence-corrected chi connectivity index (χ0v) is 10.3. The van der Waals surface area contributed by atoms with Gasteiger partial charge in [-0.2, -0.15) is 0 Å². The summed E-state index contributed by atoms with van der Waals surface area (Å²) in [5.74, 6) is 0. The van der Waals surface area contributed by atoms with Gasteiger partial charge in [-0.05, 0) is 29.5 Å². The maximum absolute atomic E-state index is 3.40. The van der Waals surface area contributed by atoms with Crippen molar-refractivity contribution in [1.82, 2.24) is 10.2 Å². The van der Waals surface area contributed by atoms with Gasteiger partial charge in [0.2, 0.25) is 0 Å². The van der Waals surface area contributed by atoms with Crippen molar-refractivity contribution in [3.8, 4) is 0 Å². The standard InChI is InChI=1S/C15H20N2/c1-2-14-5-4-13(12-15(14)3-1)6-9-17-10-7-16-8-11-17/h1,3-5,12,16H,2,6-11H2. The molecule has 1 saturated heterocycles. The molecule has 0 bridgehead atoms. The van der Waals surface area contributed by atoms with E-state index in [2.05, 4.69) is 40.6 Å². The minimum atomic E-state index is 1.12. The highest BCUT2D eigenvalue weighted by molar-refractivity contribution is 5.60. The van der Waals surface area contributed by atoms with E-state index in [1.165, 1.54) is 42.7 Å². The quantitative estimate of drug-likeness (QED) is 0.847. The smallest absolute Gasteiger partial charge is 0.0108 e. The Kier molecular flexibility index (Phi) is 3.25. The predicted molar refractivity (Wildman–Crippen MR) is 72.2 cm³/mol. The molecule has 1 N–H and O–H groups in total. The van der Waals surface area contributed by atoms with Crippen LogP contribution in [0.4, 0.5) is 0 Å². The van der Waals surface area contributed by atoms with Crippen LogP contribution in [0.3, 0.4) is 0 Å². The molecule has 2 heteroatoms. The SMILES string of the molecule is C1=Cc2cc(CCN3CCNCC3)ccc2C1. The van der Waals surface area contributed by atoms with Gasteiger partial charge in [-0.25, -0.2) is 0 Å². The lowest BCUT2D eigenvalue weighted by Gasteiger charge is -2.27. The number of piperazine rings is 1. The van der Waals surface area contributed by atoms with Gasteiger partial charge in [0.25, 0.3) is 0 Å². The highest BCUT2D eigenvalue weighted by Gasteiger charge is 2.10. The molecule has 1 heterocycles. The van der Waals surface area contributed by atoms with Crippen molar-refractivity contribution in [2.24, 2.45) is 0 Å². The molecular weight excluding hydrogens is 208 g/mol. The summed E-state index contributed by atoms with van der Waals surface area (Å²) in [6, 6.07) is 6.96. The third-order valence-electron chi connectivity index (χ3n) is 3.77. The third-order valence-corrected chi connectivity index (χ3v) is 3.77. The minimum Gasteiger partial charge on any atom is -0.314 e. The summed E-state index contributed by atoms with van der Waals surface area (Å²) in [6.45, 7) is 5.89. The molecule has 1 fully saturated rings. The van der Waals surface area contributed by atoms with E-state index >= 15 is 0 Å². The van der Waals surface area contributed by atoms with Crippen molar-refractivity contribution in [3.05, 3.63) is 41.0 Å². The molecular formula is C15H20N2. The van der Waals surface area contributed by atoms with Crippen molar-refractivity contribution < 1.29 is 0 Å². The summed E-state index contributed by atoms with van der Waals surface area (Å²) in [7, 11) is 0. The highest BCUT2D eigenvalue weighted by Crippen LogP contribution is 2.20. The van der Waals surface area contributed by atoms with E-state index in [-0.39, 0.29) is 0 Å². The average Bonchev–Trinajstić information content (AvgIpc) is 2.85. The Labute approximate surface area is 103 Å². The Morgan fingerprint density at radius 3 is 2.94 bits per heavy atom. The molecule has 0 atom stereocenters. The van der Waals surface area contributed by atoms with Gasteiger partial charge in [0.05, 0.1) is 0 Å². The van der Waals surface area contributed by atoms with Crippen LogP contribution in [0.15, 0.2) is 24.3 Å². The fourth-order valence-electron chi connectivity index (χ4n) is 2.68. The fourth-order valence-corrected chi connectivity index (χ4v) is 2.68. The van der Waals surface area contributed by atoms with Crippen molar-refractivity contribution in [2.45, 2.75) is 12.8 Å². The first-order valence-corrected chi connectivity index (χ1v) is 6.63. The van der Waals surface area contributed by atoms with Gasteiger partial charge in [0, 0.05) is 32.7 Å². The summed E-state index contributed by atoms with van der Waals surface area (Å²) in [5, 5.41) is 3.40. The number of benzene rings is 1. The molecule has 0 radical (unpaired) electrons. The van der Waals surface area contributed by atoms with E-state index in [9.17, 15) is 0 Å². The zero-order chi connectivity index (χ0) is 11.5. The van der Waals surface area contributed by atoms with Gasteiger partial charge >= 0.3 is 0 Å². The topological polar surface area (TPSA) is 15.3 Å². The van der Waals surface area contributed by atoms with Crippen LogP contribution >= 0.6 is 0 Å². The number of allylic oxidation sites excluding steroid dienone is 1. The summed E-state index contributed by atoms with van der Waals surface area (Å²) >= 11 is 0. The first-order valence-electron chi connectivity index (χ1n) is 6.63. The molecule has 1 aliphatic carbocycles. The third kappa shape index (κ3) is 2.59. The minimum absolute atomic E-state index is 1.12. The van der Waals surface area contributed by atoms with E-state index in [1.54, 1.807) is 0 Å². The molecule has 0 unspecified atom stereocenters. The first kappa shape index (κ1) is 11.0. The molecule has 0 saturated carbocycles. The van der Waals surface area contributed by atoms with Crippen LogP contribution in [0, 0.1) is 0 Å². The van der Waals surface area contributed by atoms with Crippen molar-refractivity contribution in [2.75, 3.05) is 32.7 Å². The Hall–Kier alpha value is -1.12. The molecule has 0 amide bonds. The van der Waals surface area contributed by atoms with Crippen molar-refractivity contribution in [3.63, 3.8) is 0 Å². The van der Waals surface area contributed by atoms with Crippen molar-refractivity contribution in [1.29, 1.82) is 0 Å². The molecule has 1 aromatic rings. The molecule has 17 heavy (non-hydrogen) atoms. The van der Waals surface area contributed by atoms with Crippen LogP contribution in [-0.2, 0) is 12.8 Å². The van der Waals surface area contributed by atoms with Gasteiger partial charge < -0.3 is 10.2 Å².